The molecular formula is C17H33NO4S2. The predicted molar refractivity (Wildman–Crippen MR) is 104 cm³/mol. The van der Waals surface area contributed by atoms with E-state index in [2.05, 4.69) is 45.6 Å². The zero-order chi connectivity index (χ0) is 18.1. The summed E-state index contributed by atoms with van der Waals surface area (Å²) < 4.78 is 24.2. The maximum atomic E-state index is 6.13. The standard InChI is InChI=1S/C17H33NO4S2/c1-5-17(4)7-8-19-13-14(12-18-15(23)24)20-10-11-21-16(2,3)6-9-22-17/h14H,5-13H2,1-4H3,(H2,18,23,24). The average Bonchev–Trinajstić information content (AvgIpc) is 2.51. The third-order valence-electron chi connectivity index (χ3n) is 4.39. The molecule has 0 saturated carbocycles. The molecule has 24 heavy (non-hydrogen) atoms. The molecule has 1 heterocycles. The largest absolute Gasteiger partial charge is 0.379 e. The molecule has 0 aromatic carbocycles. The molecule has 0 amide bonds. The van der Waals surface area contributed by atoms with Crippen molar-refractivity contribution in [1.82, 2.24) is 5.32 Å². The van der Waals surface area contributed by atoms with Gasteiger partial charge in [0.15, 0.2) is 0 Å². The van der Waals surface area contributed by atoms with Gasteiger partial charge < -0.3 is 24.3 Å². The molecule has 0 bridgehead atoms. The van der Waals surface area contributed by atoms with Crippen molar-refractivity contribution in [3.63, 3.8) is 0 Å². The molecule has 1 aliphatic heterocycles. The molecule has 5 nitrogen and oxygen atoms in total. The number of ether oxygens (including phenoxy) is 4. The van der Waals surface area contributed by atoms with Crippen molar-refractivity contribution in [3.8, 4) is 0 Å². The van der Waals surface area contributed by atoms with Crippen molar-refractivity contribution in [2.24, 2.45) is 0 Å². The zero-order valence-corrected chi connectivity index (χ0v) is 17.1. The van der Waals surface area contributed by atoms with E-state index in [0.29, 0.717) is 43.9 Å². The average molecular weight is 380 g/mol. The predicted octanol–water partition coefficient (Wildman–Crippen LogP) is 2.97. The van der Waals surface area contributed by atoms with Crippen molar-refractivity contribution in [2.75, 3.05) is 39.6 Å². The number of thiocarbonyl (C=S) groups is 1. The van der Waals surface area contributed by atoms with Gasteiger partial charge in [-0.25, -0.2) is 0 Å². The van der Waals surface area contributed by atoms with Crippen LogP contribution in [0.15, 0.2) is 0 Å². The fourth-order valence-corrected chi connectivity index (χ4v) is 2.54. The van der Waals surface area contributed by atoms with E-state index in [-0.39, 0.29) is 17.3 Å². The zero-order valence-electron chi connectivity index (χ0n) is 15.4. The fourth-order valence-electron chi connectivity index (χ4n) is 2.37. The maximum absolute atomic E-state index is 6.13. The van der Waals surface area contributed by atoms with Gasteiger partial charge in [-0.05, 0) is 40.0 Å². The lowest BCUT2D eigenvalue weighted by Gasteiger charge is -2.32. The summed E-state index contributed by atoms with van der Waals surface area (Å²) in [5, 5.41) is 3.02. The highest BCUT2D eigenvalue weighted by Crippen LogP contribution is 2.23. The van der Waals surface area contributed by atoms with Crippen LogP contribution in [0.2, 0.25) is 0 Å². The Bertz CT molecular complexity index is 382. The van der Waals surface area contributed by atoms with Crippen LogP contribution in [0.5, 0.6) is 0 Å². The lowest BCUT2D eigenvalue weighted by Crippen LogP contribution is -2.38. The first-order valence-corrected chi connectivity index (χ1v) is 9.56. The SMILES string of the molecule is CCC1(C)CCOCC(CNC(=S)S)OCCOC(C)(C)CCO1. The molecule has 0 aromatic heterocycles. The summed E-state index contributed by atoms with van der Waals surface area (Å²) in [5.41, 5.74) is -0.388. The van der Waals surface area contributed by atoms with E-state index in [1.807, 2.05) is 0 Å². The van der Waals surface area contributed by atoms with E-state index < -0.39 is 0 Å². The van der Waals surface area contributed by atoms with Gasteiger partial charge in [0.25, 0.3) is 0 Å². The number of thiol groups is 1. The molecule has 0 aliphatic carbocycles. The van der Waals surface area contributed by atoms with Crippen molar-refractivity contribution in [2.45, 2.75) is 64.3 Å². The van der Waals surface area contributed by atoms with Crippen LogP contribution in [-0.2, 0) is 18.9 Å². The third kappa shape index (κ3) is 9.53. The van der Waals surface area contributed by atoms with Gasteiger partial charge in [0.1, 0.15) is 4.32 Å². The van der Waals surface area contributed by atoms with Crippen molar-refractivity contribution >= 4 is 29.2 Å². The van der Waals surface area contributed by atoms with E-state index in [1.165, 1.54) is 0 Å². The van der Waals surface area contributed by atoms with Crippen LogP contribution in [0.1, 0.15) is 47.0 Å². The normalized spacial score (nSPS) is 30.3. The first kappa shape index (κ1) is 22.1. The van der Waals surface area contributed by atoms with Gasteiger partial charge in [-0.15, -0.1) is 12.6 Å². The Morgan fingerprint density at radius 1 is 1.12 bits per heavy atom. The Morgan fingerprint density at radius 3 is 2.54 bits per heavy atom. The van der Waals surface area contributed by atoms with Gasteiger partial charge in [0.2, 0.25) is 0 Å². The minimum absolute atomic E-state index is 0.0847. The summed E-state index contributed by atoms with van der Waals surface area (Å²) >= 11 is 9.02. The van der Waals surface area contributed by atoms with Crippen LogP contribution in [-0.4, -0.2) is 61.2 Å². The highest BCUT2D eigenvalue weighted by molar-refractivity contribution is 8.11. The van der Waals surface area contributed by atoms with Gasteiger partial charge in [-0.3, -0.25) is 0 Å². The molecule has 142 valence electrons. The molecular weight excluding hydrogens is 346 g/mol. The van der Waals surface area contributed by atoms with E-state index >= 15 is 0 Å². The minimum atomic E-state index is -0.223. The molecule has 0 aromatic rings. The van der Waals surface area contributed by atoms with Crippen LogP contribution >= 0.6 is 24.8 Å². The molecule has 0 spiro atoms. The number of nitrogens with one attached hydrogen (secondary N) is 1. The minimum Gasteiger partial charge on any atom is -0.379 e. The molecule has 1 rings (SSSR count). The van der Waals surface area contributed by atoms with Crippen molar-refractivity contribution < 1.29 is 18.9 Å². The Morgan fingerprint density at radius 2 is 1.88 bits per heavy atom. The molecule has 7 heteroatoms. The number of rotatable bonds is 3. The first-order chi connectivity index (χ1) is 11.3. The van der Waals surface area contributed by atoms with Crippen molar-refractivity contribution in [1.29, 1.82) is 0 Å². The number of hydrogen-bond donors (Lipinski definition) is 2. The molecule has 1 N–H and O–H groups in total. The second-order valence-corrected chi connectivity index (χ2v) is 8.17. The Kier molecular flexibility index (Phi) is 10.1. The monoisotopic (exact) mass is 379 g/mol. The summed E-state index contributed by atoms with van der Waals surface area (Å²) in [6.07, 6.45) is 2.57. The molecule has 1 aliphatic rings. The molecule has 1 fully saturated rings. The van der Waals surface area contributed by atoms with Gasteiger partial charge in [0.05, 0.1) is 43.7 Å². The second-order valence-electron chi connectivity index (χ2n) is 7.01. The van der Waals surface area contributed by atoms with Gasteiger partial charge in [0, 0.05) is 13.2 Å². The van der Waals surface area contributed by atoms with E-state index in [1.54, 1.807) is 0 Å². The first-order valence-electron chi connectivity index (χ1n) is 8.70. The highest BCUT2D eigenvalue weighted by Gasteiger charge is 2.26. The van der Waals surface area contributed by atoms with Gasteiger partial charge in [-0.1, -0.05) is 19.1 Å². The summed E-state index contributed by atoms with van der Waals surface area (Å²) in [6.45, 7) is 11.9. The van der Waals surface area contributed by atoms with Gasteiger partial charge >= 0.3 is 0 Å². The van der Waals surface area contributed by atoms with E-state index in [0.717, 1.165) is 19.3 Å². The van der Waals surface area contributed by atoms with Crippen LogP contribution in [0, 0.1) is 0 Å². The summed E-state index contributed by atoms with van der Waals surface area (Å²) in [7, 11) is 0. The third-order valence-corrected chi connectivity index (χ3v) is 4.69. The van der Waals surface area contributed by atoms with Crippen LogP contribution in [0.25, 0.3) is 0 Å². The Hall–Kier alpha value is 0.0800. The lowest BCUT2D eigenvalue weighted by molar-refractivity contribution is -0.114. The highest BCUT2D eigenvalue weighted by atomic mass is 32.1. The molecule has 2 unspecified atom stereocenters. The molecule has 2 atom stereocenters. The smallest absolute Gasteiger partial charge is 0.130 e. The van der Waals surface area contributed by atoms with Crippen LogP contribution < -0.4 is 5.32 Å². The summed E-state index contributed by atoms with van der Waals surface area (Å²) in [6, 6.07) is 0. The van der Waals surface area contributed by atoms with Crippen LogP contribution in [0.4, 0.5) is 0 Å². The van der Waals surface area contributed by atoms with Crippen LogP contribution in [0.3, 0.4) is 0 Å². The van der Waals surface area contributed by atoms with Gasteiger partial charge in [-0.2, -0.15) is 0 Å². The topological polar surface area (TPSA) is 49.0 Å². The second kappa shape index (κ2) is 10.9. The summed E-state index contributed by atoms with van der Waals surface area (Å²) in [5.74, 6) is 0. The fraction of sp³-hybridized carbons (Fsp3) is 0.941. The quantitative estimate of drug-likeness (QED) is 0.581. The molecule has 1 saturated heterocycles. The lowest BCUT2D eigenvalue weighted by atomic mass is 9.99. The number of hydrogen-bond acceptors (Lipinski definition) is 5. The van der Waals surface area contributed by atoms with E-state index in [4.69, 9.17) is 31.2 Å². The van der Waals surface area contributed by atoms with Crippen molar-refractivity contribution in [3.05, 3.63) is 0 Å². The van der Waals surface area contributed by atoms with E-state index in [9.17, 15) is 0 Å². The maximum Gasteiger partial charge on any atom is 0.130 e. The molecule has 0 radical (unpaired) electrons. The Balaban J connectivity index is 2.61. The Labute approximate surface area is 157 Å². The summed E-state index contributed by atoms with van der Waals surface area (Å²) in [4.78, 5) is 0.